The quantitative estimate of drug-likeness (QED) is 0.0528. The molecule has 0 bridgehead atoms. The maximum atomic E-state index is 13.4. The first kappa shape index (κ1) is 38.1. The van der Waals surface area contributed by atoms with Crippen LogP contribution in [0.1, 0.15) is 168 Å². The van der Waals surface area contributed by atoms with E-state index in [-0.39, 0.29) is 23.6 Å². The standard InChI is InChI=1S/C32H65NO5P/c1-6-8-10-12-14-16-18-20-22-24-26-28-31(34)37-39(36,30-33(3,4)5)38-32(35)29-27-25-23-21-19-17-15-13-11-9-7-2/h6-30H2,1-5H3/q+1. The number of unbranched alkanes of at least 4 members (excludes halogenated alkanes) is 20. The van der Waals surface area contributed by atoms with Crippen molar-refractivity contribution >= 4 is 19.5 Å². The van der Waals surface area contributed by atoms with Crippen LogP contribution in [0.15, 0.2) is 0 Å². The molecule has 0 saturated carbocycles. The molecule has 0 radical (unpaired) electrons. The first-order valence-corrected chi connectivity index (χ1v) is 18.2. The Hall–Kier alpha value is -0.870. The fraction of sp³-hybridized carbons (Fsp3) is 0.938. The molecular formula is C32H65NO5P+. The summed E-state index contributed by atoms with van der Waals surface area (Å²) >= 11 is 0. The second kappa shape index (κ2) is 24.9. The van der Waals surface area contributed by atoms with Gasteiger partial charge in [-0.3, -0.25) is 9.59 Å². The van der Waals surface area contributed by atoms with Crippen molar-refractivity contribution in [1.82, 2.24) is 0 Å². The normalized spacial score (nSPS) is 12.0. The van der Waals surface area contributed by atoms with Crippen molar-refractivity contribution in [2.75, 3.05) is 27.4 Å². The van der Waals surface area contributed by atoms with Gasteiger partial charge in [-0.1, -0.05) is 142 Å². The summed E-state index contributed by atoms with van der Waals surface area (Å²) in [4.78, 5) is 24.9. The van der Waals surface area contributed by atoms with Gasteiger partial charge in [0.15, 0.2) is 0 Å². The SMILES string of the molecule is CCCCCCCCCCCCCC(=O)OP(=O)(C[N+](C)(C)C)OC(=O)CCCCCCCCCCCCC. The Morgan fingerprint density at radius 2 is 0.744 bits per heavy atom. The summed E-state index contributed by atoms with van der Waals surface area (Å²) in [5.41, 5.74) is 0. The summed E-state index contributed by atoms with van der Waals surface area (Å²) in [6, 6.07) is 0. The average Bonchev–Trinajstić information content (AvgIpc) is 2.84. The van der Waals surface area contributed by atoms with Gasteiger partial charge in [0.25, 0.3) is 0 Å². The van der Waals surface area contributed by atoms with E-state index in [1.54, 1.807) is 0 Å². The van der Waals surface area contributed by atoms with E-state index in [0.717, 1.165) is 25.7 Å². The minimum atomic E-state index is -3.84. The van der Waals surface area contributed by atoms with Crippen LogP contribution in [0.4, 0.5) is 0 Å². The van der Waals surface area contributed by atoms with Crippen molar-refractivity contribution in [1.29, 1.82) is 0 Å². The number of hydrogen-bond donors (Lipinski definition) is 0. The van der Waals surface area contributed by atoms with Crippen LogP contribution in [0, 0.1) is 0 Å². The molecule has 0 N–H and O–H groups in total. The molecule has 232 valence electrons. The van der Waals surface area contributed by atoms with E-state index in [1.807, 2.05) is 21.1 Å². The monoisotopic (exact) mass is 574 g/mol. The molecule has 0 amide bonds. The summed E-state index contributed by atoms with van der Waals surface area (Å²) in [5, 5.41) is 0. The first-order valence-electron chi connectivity index (χ1n) is 16.5. The zero-order valence-corrected chi connectivity index (χ0v) is 27.5. The Labute approximate surface area is 242 Å². The van der Waals surface area contributed by atoms with Crippen LogP contribution >= 0.6 is 7.60 Å². The fourth-order valence-corrected chi connectivity index (χ4v) is 6.86. The maximum absolute atomic E-state index is 13.4. The topological polar surface area (TPSA) is 69.7 Å². The van der Waals surface area contributed by atoms with Crippen molar-refractivity contribution in [2.24, 2.45) is 0 Å². The minimum absolute atomic E-state index is 0.0129. The Kier molecular flexibility index (Phi) is 24.3. The predicted octanol–water partition coefficient (Wildman–Crippen LogP) is 10.3. The predicted molar refractivity (Wildman–Crippen MR) is 165 cm³/mol. The van der Waals surface area contributed by atoms with Crippen LogP contribution < -0.4 is 0 Å². The lowest BCUT2D eigenvalue weighted by Crippen LogP contribution is -2.36. The third kappa shape index (κ3) is 27.1. The van der Waals surface area contributed by atoms with Gasteiger partial charge in [0.2, 0.25) is 6.29 Å². The number of carbonyl (C=O) groups is 2. The molecule has 0 aliphatic heterocycles. The Morgan fingerprint density at radius 3 is 1.00 bits per heavy atom. The molecule has 0 aliphatic rings. The van der Waals surface area contributed by atoms with Gasteiger partial charge in [0.05, 0.1) is 21.1 Å². The van der Waals surface area contributed by atoms with Crippen LogP contribution in [-0.2, 0) is 23.2 Å². The molecule has 7 heteroatoms. The lowest BCUT2D eigenvalue weighted by Gasteiger charge is -2.27. The smallest absolute Gasteiger partial charge is 0.379 e. The molecule has 0 aromatic rings. The van der Waals surface area contributed by atoms with Crippen LogP contribution in [0.5, 0.6) is 0 Å². The number of quaternary nitrogens is 1. The first-order chi connectivity index (χ1) is 18.6. The molecule has 0 unspecified atom stereocenters. The van der Waals surface area contributed by atoms with E-state index < -0.39 is 19.5 Å². The van der Waals surface area contributed by atoms with E-state index >= 15 is 0 Å². The molecule has 0 heterocycles. The summed E-state index contributed by atoms with van der Waals surface area (Å²) in [6.45, 7) is 4.48. The maximum Gasteiger partial charge on any atom is 0.489 e. The van der Waals surface area contributed by atoms with E-state index in [1.165, 1.54) is 103 Å². The lowest BCUT2D eigenvalue weighted by molar-refractivity contribution is -0.859. The number of carbonyl (C=O) groups excluding carboxylic acids is 2. The van der Waals surface area contributed by atoms with Gasteiger partial charge < -0.3 is 13.5 Å². The van der Waals surface area contributed by atoms with E-state index in [9.17, 15) is 14.2 Å². The Balaban J connectivity index is 4.14. The molecule has 0 aromatic heterocycles. The molecule has 0 atom stereocenters. The molecular weight excluding hydrogens is 509 g/mol. The van der Waals surface area contributed by atoms with E-state index in [4.69, 9.17) is 9.05 Å². The zero-order valence-electron chi connectivity index (χ0n) is 26.6. The van der Waals surface area contributed by atoms with E-state index in [2.05, 4.69) is 13.8 Å². The van der Waals surface area contributed by atoms with Gasteiger partial charge in [0, 0.05) is 12.8 Å². The molecule has 0 spiro atoms. The van der Waals surface area contributed by atoms with Gasteiger partial charge in [-0.2, -0.15) is 0 Å². The van der Waals surface area contributed by atoms with Crippen LogP contribution in [-0.4, -0.2) is 43.9 Å². The fourth-order valence-electron chi connectivity index (χ4n) is 4.86. The van der Waals surface area contributed by atoms with Crippen molar-refractivity contribution in [3.8, 4) is 0 Å². The van der Waals surface area contributed by atoms with Crippen molar-refractivity contribution in [2.45, 2.75) is 168 Å². The van der Waals surface area contributed by atoms with Gasteiger partial charge >= 0.3 is 19.5 Å². The van der Waals surface area contributed by atoms with Gasteiger partial charge in [-0.15, -0.1) is 0 Å². The third-order valence-electron chi connectivity index (χ3n) is 7.05. The number of hydrogen-bond acceptors (Lipinski definition) is 5. The number of rotatable bonds is 28. The second-order valence-corrected chi connectivity index (χ2v) is 14.4. The summed E-state index contributed by atoms with van der Waals surface area (Å²) in [5.74, 6) is -1.05. The summed E-state index contributed by atoms with van der Waals surface area (Å²) < 4.78 is 24.3. The second-order valence-electron chi connectivity index (χ2n) is 12.5. The Morgan fingerprint density at radius 1 is 0.487 bits per heavy atom. The van der Waals surface area contributed by atoms with Crippen molar-refractivity contribution in [3.05, 3.63) is 0 Å². The third-order valence-corrected chi connectivity index (χ3v) is 9.21. The summed E-state index contributed by atoms with van der Waals surface area (Å²) in [7, 11) is 1.70. The van der Waals surface area contributed by atoms with Crippen LogP contribution in [0.25, 0.3) is 0 Å². The van der Waals surface area contributed by atoms with Gasteiger partial charge in [-0.25, -0.2) is 4.57 Å². The molecule has 0 aliphatic carbocycles. The molecule has 0 fully saturated rings. The Bertz CT molecular complexity index is 603. The summed E-state index contributed by atoms with van der Waals surface area (Å²) in [6.07, 6.45) is 26.8. The molecule has 0 saturated heterocycles. The molecule has 39 heavy (non-hydrogen) atoms. The van der Waals surface area contributed by atoms with Crippen LogP contribution in [0.2, 0.25) is 0 Å². The van der Waals surface area contributed by atoms with E-state index in [0.29, 0.717) is 12.8 Å². The highest BCUT2D eigenvalue weighted by atomic mass is 31.2. The van der Waals surface area contributed by atoms with Gasteiger partial charge in [-0.05, 0) is 12.8 Å². The van der Waals surface area contributed by atoms with Crippen LogP contribution in [0.3, 0.4) is 0 Å². The lowest BCUT2D eigenvalue weighted by atomic mass is 10.1. The highest BCUT2D eigenvalue weighted by Gasteiger charge is 2.38. The average molecular weight is 575 g/mol. The van der Waals surface area contributed by atoms with Gasteiger partial charge in [0.1, 0.15) is 0 Å². The highest BCUT2D eigenvalue weighted by Crippen LogP contribution is 2.50. The van der Waals surface area contributed by atoms with Crippen molar-refractivity contribution < 1.29 is 27.7 Å². The molecule has 0 aromatic carbocycles. The zero-order chi connectivity index (χ0) is 29.2. The molecule has 0 rings (SSSR count). The largest absolute Gasteiger partial charge is 0.489 e. The number of nitrogens with zero attached hydrogens (tertiary/aromatic N) is 1. The minimum Gasteiger partial charge on any atom is -0.379 e. The van der Waals surface area contributed by atoms with Crippen molar-refractivity contribution in [3.63, 3.8) is 0 Å². The highest BCUT2D eigenvalue weighted by molar-refractivity contribution is 7.54. The molecule has 6 nitrogen and oxygen atoms in total.